The van der Waals surface area contributed by atoms with Crippen molar-refractivity contribution in [1.82, 2.24) is 29.4 Å². The number of aromatic nitrogens is 6. The van der Waals surface area contributed by atoms with Crippen LogP contribution in [0.2, 0.25) is 0 Å². The third-order valence-corrected chi connectivity index (χ3v) is 6.55. The van der Waals surface area contributed by atoms with Crippen molar-refractivity contribution in [2.24, 2.45) is 0 Å². The molecule has 0 spiro atoms. The van der Waals surface area contributed by atoms with Crippen LogP contribution in [-0.2, 0) is 4.74 Å². The highest BCUT2D eigenvalue weighted by atomic mass is 16.5. The van der Waals surface area contributed by atoms with Crippen molar-refractivity contribution in [1.29, 1.82) is 0 Å². The van der Waals surface area contributed by atoms with Gasteiger partial charge < -0.3 is 20.1 Å². The molecular formula is C22H26N8O2. The predicted octanol–water partition coefficient (Wildman–Crippen LogP) is 2.41. The van der Waals surface area contributed by atoms with Crippen LogP contribution in [0.4, 0.5) is 11.6 Å². The van der Waals surface area contributed by atoms with Gasteiger partial charge in [0.15, 0.2) is 11.5 Å². The van der Waals surface area contributed by atoms with E-state index in [9.17, 15) is 0 Å². The normalized spacial score (nSPS) is 21.6. The van der Waals surface area contributed by atoms with E-state index in [2.05, 4.69) is 21.2 Å². The number of rotatable bonds is 4. The van der Waals surface area contributed by atoms with E-state index in [1.54, 1.807) is 11.6 Å². The van der Waals surface area contributed by atoms with Gasteiger partial charge >= 0.3 is 0 Å². The molecule has 0 unspecified atom stereocenters. The molecule has 0 bridgehead atoms. The second kappa shape index (κ2) is 7.63. The lowest BCUT2D eigenvalue weighted by molar-refractivity contribution is 0.184. The number of ether oxygens (including phenoxy) is 2. The van der Waals surface area contributed by atoms with Crippen LogP contribution in [0.5, 0.6) is 5.75 Å². The number of fused-ring (bicyclic) bond motifs is 3. The summed E-state index contributed by atoms with van der Waals surface area (Å²) in [5, 5.41) is 10.2. The average Bonchev–Trinajstić information content (AvgIpc) is 3.59. The molecule has 5 heterocycles. The second-order valence-electron chi connectivity index (χ2n) is 8.51. The number of anilines is 2. The summed E-state index contributed by atoms with van der Waals surface area (Å²) in [5.74, 6) is 2.00. The third-order valence-electron chi connectivity index (χ3n) is 6.55. The number of methoxy groups -OCH3 is 1. The van der Waals surface area contributed by atoms with Gasteiger partial charge in [0.05, 0.1) is 31.6 Å². The summed E-state index contributed by atoms with van der Waals surface area (Å²) >= 11 is 0. The van der Waals surface area contributed by atoms with Crippen molar-refractivity contribution in [2.45, 2.75) is 31.2 Å². The van der Waals surface area contributed by atoms with Gasteiger partial charge in [-0.05, 0) is 31.4 Å². The standard InChI is InChI=1S/C22H26N8O2/c1-31-18-6-2-5-17-19(18)25-22(23)30-21(17)26-20(27-30)14-4-3-8-28(11-14)16-10-24-29(12-16)15-7-9-32-13-15/h2,5-6,10,12,14-15H,3-4,7-9,11,13H2,1H3,(H2,23,25)/t14-,15+/m1/s1. The largest absolute Gasteiger partial charge is 0.494 e. The number of nitrogens with two attached hydrogens (primary N) is 1. The molecule has 10 heteroatoms. The molecule has 2 aliphatic heterocycles. The Bertz CT molecular complexity index is 1280. The van der Waals surface area contributed by atoms with Crippen molar-refractivity contribution in [3.63, 3.8) is 0 Å². The van der Waals surface area contributed by atoms with Gasteiger partial charge in [-0.1, -0.05) is 6.07 Å². The van der Waals surface area contributed by atoms with Gasteiger partial charge in [-0.15, -0.1) is 5.10 Å². The fourth-order valence-electron chi connectivity index (χ4n) is 4.82. The number of benzene rings is 1. The molecule has 2 aliphatic rings. The molecule has 3 aromatic heterocycles. The zero-order valence-electron chi connectivity index (χ0n) is 18.0. The Balaban J connectivity index is 1.31. The Morgan fingerprint density at radius 1 is 1.22 bits per heavy atom. The fourth-order valence-corrected chi connectivity index (χ4v) is 4.82. The Morgan fingerprint density at radius 3 is 3.00 bits per heavy atom. The fraction of sp³-hybridized carbons (Fsp3) is 0.455. The Hall–Kier alpha value is -3.40. The van der Waals surface area contributed by atoms with E-state index >= 15 is 0 Å². The van der Waals surface area contributed by atoms with Crippen LogP contribution >= 0.6 is 0 Å². The first-order valence-corrected chi connectivity index (χ1v) is 11.1. The zero-order valence-corrected chi connectivity index (χ0v) is 18.0. The molecule has 2 N–H and O–H groups in total. The summed E-state index contributed by atoms with van der Waals surface area (Å²) in [6.07, 6.45) is 7.22. The Labute approximate surface area is 184 Å². The molecule has 2 atom stereocenters. The molecular weight excluding hydrogens is 408 g/mol. The molecule has 2 saturated heterocycles. The van der Waals surface area contributed by atoms with Crippen LogP contribution in [0.25, 0.3) is 16.6 Å². The molecule has 2 fully saturated rings. The topological polar surface area (TPSA) is 109 Å². The number of nitrogens with zero attached hydrogens (tertiary/aromatic N) is 7. The molecule has 0 saturated carbocycles. The van der Waals surface area contributed by atoms with Crippen molar-refractivity contribution < 1.29 is 9.47 Å². The summed E-state index contributed by atoms with van der Waals surface area (Å²) < 4.78 is 14.7. The lowest BCUT2D eigenvalue weighted by Gasteiger charge is -2.32. The molecule has 32 heavy (non-hydrogen) atoms. The monoisotopic (exact) mass is 434 g/mol. The van der Waals surface area contributed by atoms with Gasteiger partial charge in [0.25, 0.3) is 0 Å². The summed E-state index contributed by atoms with van der Waals surface area (Å²) in [7, 11) is 1.63. The molecule has 0 radical (unpaired) electrons. The number of hydrogen-bond acceptors (Lipinski definition) is 8. The highest BCUT2D eigenvalue weighted by molar-refractivity contribution is 5.95. The van der Waals surface area contributed by atoms with E-state index in [1.807, 2.05) is 29.1 Å². The van der Waals surface area contributed by atoms with Gasteiger partial charge in [-0.25, -0.2) is 9.97 Å². The molecule has 6 rings (SSSR count). The van der Waals surface area contributed by atoms with Crippen LogP contribution in [-0.4, -0.2) is 62.8 Å². The molecule has 4 aromatic rings. The zero-order chi connectivity index (χ0) is 21.7. The van der Waals surface area contributed by atoms with Gasteiger partial charge in [0.1, 0.15) is 11.3 Å². The summed E-state index contributed by atoms with van der Waals surface area (Å²) in [6, 6.07) is 6.12. The molecule has 10 nitrogen and oxygen atoms in total. The maximum absolute atomic E-state index is 6.23. The molecule has 1 aromatic carbocycles. The Morgan fingerprint density at radius 2 is 2.16 bits per heavy atom. The SMILES string of the molecule is COc1cccc2c1nc(N)n1nc([C@@H]3CCCN(c4cnn([C@H]5CCOC5)c4)C3)nc21. The minimum absolute atomic E-state index is 0.210. The van der Waals surface area contributed by atoms with Gasteiger partial charge in [0.2, 0.25) is 5.95 Å². The number of para-hydroxylation sites is 1. The molecule has 0 amide bonds. The van der Waals surface area contributed by atoms with Crippen LogP contribution in [0.3, 0.4) is 0 Å². The molecule has 166 valence electrons. The van der Waals surface area contributed by atoms with Crippen molar-refractivity contribution in [2.75, 3.05) is 44.0 Å². The van der Waals surface area contributed by atoms with E-state index in [0.29, 0.717) is 28.9 Å². The lowest BCUT2D eigenvalue weighted by atomic mass is 9.97. The first-order chi connectivity index (χ1) is 15.7. The average molecular weight is 435 g/mol. The maximum atomic E-state index is 6.23. The van der Waals surface area contributed by atoms with Crippen LogP contribution < -0.4 is 15.4 Å². The third kappa shape index (κ3) is 3.13. The van der Waals surface area contributed by atoms with Crippen LogP contribution in [0.1, 0.15) is 37.0 Å². The van der Waals surface area contributed by atoms with E-state index < -0.39 is 0 Å². The first kappa shape index (κ1) is 19.3. The molecule has 0 aliphatic carbocycles. The van der Waals surface area contributed by atoms with Crippen LogP contribution in [0.15, 0.2) is 30.6 Å². The van der Waals surface area contributed by atoms with Gasteiger partial charge in [-0.2, -0.15) is 9.61 Å². The summed E-state index contributed by atoms with van der Waals surface area (Å²) in [4.78, 5) is 11.8. The van der Waals surface area contributed by atoms with Gasteiger partial charge in [0, 0.05) is 37.2 Å². The minimum Gasteiger partial charge on any atom is -0.494 e. The van der Waals surface area contributed by atoms with E-state index in [1.165, 1.54) is 0 Å². The van der Waals surface area contributed by atoms with Crippen molar-refractivity contribution >= 4 is 28.2 Å². The van der Waals surface area contributed by atoms with E-state index in [4.69, 9.17) is 25.3 Å². The smallest absolute Gasteiger partial charge is 0.223 e. The number of nitrogen functional groups attached to an aromatic ring is 1. The second-order valence-corrected chi connectivity index (χ2v) is 8.51. The summed E-state index contributed by atoms with van der Waals surface area (Å²) in [5.41, 5.74) is 8.79. The Kier molecular flexibility index (Phi) is 4.60. The lowest BCUT2D eigenvalue weighted by Crippen LogP contribution is -2.34. The van der Waals surface area contributed by atoms with Crippen LogP contribution in [0, 0.1) is 0 Å². The highest BCUT2D eigenvalue weighted by Gasteiger charge is 2.27. The number of hydrogen-bond donors (Lipinski definition) is 1. The highest BCUT2D eigenvalue weighted by Crippen LogP contribution is 2.32. The maximum Gasteiger partial charge on any atom is 0.223 e. The van der Waals surface area contributed by atoms with Gasteiger partial charge in [-0.3, -0.25) is 4.68 Å². The van der Waals surface area contributed by atoms with Crippen molar-refractivity contribution in [3.8, 4) is 5.75 Å². The quantitative estimate of drug-likeness (QED) is 0.522. The first-order valence-electron chi connectivity index (χ1n) is 11.1. The van der Waals surface area contributed by atoms with Crippen molar-refractivity contribution in [3.05, 3.63) is 36.4 Å². The minimum atomic E-state index is 0.210. The summed E-state index contributed by atoms with van der Waals surface area (Å²) in [6.45, 7) is 3.39. The van der Waals surface area contributed by atoms with E-state index in [0.717, 1.165) is 62.5 Å². The predicted molar refractivity (Wildman–Crippen MR) is 120 cm³/mol. The number of piperidine rings is 1. The van der Waals surface area contributed by atoms with E-state index in [-0.39, 0.29) is 5.92 Å².